The third-order valence-electron chi connectivity index (χ3n) is 3.03. The van der Waals surface area contributed by atoms with Crippen molar-refractivity contribution in [2.45, 2.75) is 24.9 Å². The van der Waals surface area contributed by atoms with E-state index in [1.165, 1.54) is 12.3 Å². The number of allylic oxidation sites excluding steroid dienone is 1. The number of aliphatic hydroxyl groups is 2. The van der Waals surface area contributed by atoms with Gasteiger partial charge in [-0.1, -0.05) is 0 Å². The molecule has 3 N–H and O–H groups in total. The predicted octanol–water partition coefficient (Wildman–Crippen LogP) is -1.29. The minimum absolute atomic E-state index is 0.122. The van der Waals surface area contributed by atoms with E-state index in [9.17, 15) is 14.7 Å². The highest BCUT2D eigenvalue weighted by atomic mass is 16.5. The van der Waals surface area contributed by atoms with Gasteiger partial charge in [-0.3, -0.25) is 14.3 Å². The van der Waals surface area contributed by atoms with Gasteiger partial charge in [0.05, 0.1) is 24.3 Å². The van der Waals surface area contributed by atoms with Gasteiger partial charge >= 0.3 is 5.69 Å². The van der Waals surface area contributed by atoms with E-state index >= 15 is 0 Å². The molecule has 1 saturated heterocycles. The summed E-state index contributed by atoms with van der Waals surface area (Å²) in [5.41, 5.74) is -1.17. The van der Waals surface area contributed by atoms with Crippen molar-refractivity contribution >= 4 is 6.08 Å². The zero-order valence-corrected chi connectivity index (χ0v) is 10.4. The van der Waals surface area contributed by atoms with Crippen molar-refractivity contribution < 1.29 is 14.9 Å². The molecule has 0 saturated carbocycles. The van der Waals surface area contributed by atoms with Crippen LogP contribution in [0.1, 0.15) is 18.2 Å². The summed E-state index contributed by atoms with van der Waals surface area (Å²) in [6.45, 7) is -0.364. The fourth-order valence-corrected chi connectivity index (χ4v) is 2.01. The summed E-state index contributed by atoms with van der Waals surface area (Å²) in [5, 5.41) is 27.1. The van der Waals surface area contributed by atoms with Crippen LogP contribution in [0.2, 0.25) is 0 Å². The van der Waals surface area contributed by atoms with E-state index in [0.717, 1.165) is 10.6 Å². The van der Waals surface area contributed by atoms with Crippen LogP contribution < -0.4 is 11.2 Å². The molecular weight excluding hydrogens is 266 g/mol. The van der Waals surface area contributed by atoms with Gasteiger partial charge in [-0.15, -0.1) is 0 Å². The van der Waals surface area contributed by atoms with E-state index in [1.807, 2.05) is 0 Å². The average Bonchev–Trinajstić information content (AvgIpc) is 2.79. The lowest BCUT2D eigenvalue weighted by Crippen LogP contribution is -2.33. The number of hydrogen-bond donors (Lipinski definition) is 3. The molecule has 8 nitrogen and oxygen atoms in total. The number of aliphatic hydroxyl groups excluding tert-OH is 2. The van der Waals surface area contributed by atoms with Crippen molar-refractivity contribution in [2.75, 3.05) is 6.61 Å². The Kier molecular flexibility index (Phi) is 4.14. The van der Waals surface area contributed by atoms with Crippen LogP contribution in [0.3, 0.4) is 0 Å². The van der Waals surface area contributed by atoms with Gasteiger partial charge in [-0.25, -0.2) is 4.79 Å². The van der Waals surface area contributed by atoms with Crippen LogP contribution in [0, 0.1) is 11.3 Å². The van der Waals surface area contributed by atoms with Crippen molar-refractivity contribution in [2.24, 2.45) is 0 Å². The summed E-state index contributed by atoms with van der Waals surface area (Å²) < 4.78 is 6.46. The van der Waals surface area contributed by atoms with Crippen LogP contribution in [0.15, 0.2) is 21.9 Å². The molecule has 1 aliphatic heterocycles. The maximum absolute atomic E-state index is 11.7. The van der Waals surface area contributed by atoms with Gasteiger partial charge < -0.3 is 14.9 Å². The molecule has 0 aliphatic carbocycles. The minimum atomic E-state index is -0.887. The normalized spacial score (nSPS) is 25.9. The fourth-order valence-electron chi connectivity index (χ4n) is 2.01. The number of nitrogens with one attached hydrogen (secondary N) is 1. The van der Waals surface area contributed by atoms with Gasteiger partial charge in [0, 0.05) is 18.7 Å². The third kappa shape index (κ3) is 2.70. The highest BCUT2D eigenvalue weighted by Gasteiger charge is 2.35. The standard InChI is InChI=1S/C12H13N3O5/c13-3-1-2-7-5-15(12(19)14-11(7)18)10-4-8(17)9(6-16)20-10/h1-2,5,8-10,16-17H,4,6H2,(H,14,18,19)/b2-1-/t8-,9+,10+/m0/s1. The van der Waals surface area contributed by atoms with Crippen LogP contribution in [0.5, 0.6) is 0 Å². The van der Waals surface area contributed by atoms with E-state index < -0.39 is 29.7 Å². The summed E-state index contributed by atoms with van der Waals surface area (Å²) in [6, 6.07) is 1.75. The highest BCUT2D eigenvalue weighted by Crippen LogP contribution is 2.27. The van der Waals surface area contributed by atoms with Gasteiger partial charge in [0.25, 0.3) is 5.56 Å². The largest absolute Gasteiger partial charge is 0.394 e. The number of ether oxygens (including phenoxy) is 1. The van der Waals surface area contributed by atoms with E-state index in [1.54, 1.807) is 6.07 Å². The Bertz CT molecular complexity index is 669. The molecule has 1 aromatic heterocycles. The first-order valence-corrected chi connectivity index (χ1v) is 5.93. The first-order valence-electron chi connectivity index (χ1n) is 5.93. The van der Waals surface area contributed by atoms with Crippen molar-refractivity contribution in [3.05, 3.63) is 38.7 Å². The molecule has 1 aliphatic rings. The number of H-pyrrole nitrogens is 1. The van der Waals surface area contributed by atoms with Gasteiger partial charge in [0.1, 0.15) is 12.3 Å². The molecule has 0 unspecified atom stereocenters. The number of aromatic nitrogens is 2. The second-order valence-electron chi connectivity index (χ2n) is 4.33. The van der Waals surface area contributed by atoms with Crippen molar-refractivity contribution in [3.63, 3.8) is 0 Å². The van der Waals surface area contributed by atoms with Crippen molar-refractivity contribution in [1.82, 2.24) is 9.55 Å². The lowest BCUT2D eigenvalue weighted by atomic mass is 10.2. The second kappa shape index (κ2) is 5.83. The van der Waals surface area contributed by atoms with Gasteiger partial charge in [0.15, 0.2) is 0 Å². The number of nitriles is 1. The topological polar surface area (TPSA) is 128 Å². The van der Waals surface area contributed by atoms with Crippen molar-refractivity contribution in [1.29, 1.82) is 5.26 Å². The average molecular weight is 279 g/mol. The van der Waals surface area contributed by atoms with Gasteiger partial charge in [-0.2, -0.15) is 5.26 Å². The zero-order chi connectivity index (χ0) is 14.7. The molecule has 1 aromatic rings. The zero-order valence-electron chi connectivity index (χ0n) is 10.4. The SMILES string of the molecule is N#C/C=C\c1cn([C@H]2C[C@H](O)[C@@H](CO)O2)c(=O)[nH]c1=O. The van der Waals surface area contributed by atoms with E-state index in [4.69, 9.17) is 15.1 Å². The molecule has 0 aromatic carbocycles. The lowest BCUT2D eigenvalue weighted by molar-refractivity contribution is -0.0459. The summed E-state index contributed by atoms with van der Waals surface area (Å²) in [6.07, 6.45) is 1.33. The number of nitrogens with zero attached hydrogens (tertiary/aromatic N) is 2. The second-order valence-corrected chi connectivity index (χ2v) is 4.33. The van der Waals surface area contributed by atoms with Crippen molar-refractivity contribution in [3.8, 4) is 6.07 Å². The van der Waals surface area contributed by atoms with E-state index in [-0.39, 0.29) is 18.6 Å². The third-order valence-corrected chi connectivity index (χ3v) is 3.03. The molecule has 0 amide bonds. The molecule has 8 heteroatoms. The van der Waals surface area contributed by atoms with Gasteiger partial charge in [0.2, 0.25) is 0 Å². The lowest BCUT2D eigenvalue weighted by Gasteiger charge is -2.14. The van der Waals surface area contributed by atoms with E-state index in [0.29, 0.717) is 0 Å². The summed E-state index contributed by atoms with van der Waals surface area (Å²) in [7, 11) is 0. The summed E-state index contributed by atoms with van der Waals surface area (Å²) in [5.74, 6) is 0. The van der Waals surface area contributed by atoms with Crippen LogP contribution in [0.25, 0.3) is 6.08 Å². The Hall–Kier alpha value is -2.21. The molecule has 0 radical (unpaired) electrons. The molecule has 2 rings (SSSR count). The molecule has 0 bridgehead atoms. The maximum Gasteiger partial charge on any atom is 0.330 e. The van der Waals surface area contributed by atoms with Gasteiger partial charge in [-0.05, 0) is 6.08 Å². The fraction of sp³-hybridized carbons (Fsp3) is 0.417. The monoisotopic (exact) mass is 279 g/mol. The Morgan fingerprint density at radius 3 is 2.95 bits per heavy atom. The molecule has 106 valence electrons. The molecular formula is C12H13N3O5. The van der Waals surface area contributed by atoms with Crippen LogP contribution in [-0.4, -0.2) is 38.6 Å². The van der Waals surface area contributed by atoms with Crippen LogP contribution >= 0.6 is 0 Å². The smallest absolute Gasteiger partial charge is 0.330 e. The Labute approximate surface area is 113 Å². The number of aromatic amines is 1. The van der Waals surface area contributed by atoms with Crippen LogP contribution in [0.4, 0.5) is 0 Å². The maximum atomic E-state index is 11.7. The number of hydrogen-bond acceptors (Lipinski definition) is 6. The molecule has 20 heavy (non-hydrogen) atoms. The predicted molar refractivity (Wildman–Crippen MR) is 67.6 cm³/mol. The molecule has 3 atom stereocenters. The summed E-state index contributed by atoms with van der Waals surface area (Å²) in [4.78, 5) is 25.4. The quantitative estimate of drug-likeness (QED) is 0.591. The minimum Gasteiger partial charge on any atom is -0.394 e. The Morgan fingerprint density at radius 2 is 2.35 bits per heavy atom. The first-order chi connectivity index (χ1) is 9.56. The Morgan fingerprint density at radius 1 is 1.60 bits per heavy atom. The Balaban J connectivity index is 2.38. The molecule has 0 spiro atoms. The molecule has 1 fully saturated rings. The first kappa shape index (κ1) is 14.2. The number of rotatable bonds is 3. The van der Waals surface area contributed by atoms with Crippen LogP contribution in [-0.2, 0) is 4.74 Å². The summed E-state index contributed by atoms with van der Waals surface area (Å²) >= 11 is 0. The molecule has 2 heterocycles. The van der Waals surface area contributed by atoms with E-state index in [2.05, 4.69) is 4.98 Å². The highest BCUT2D eigenvalue weighted by molar-refractivity contribution is 5.49.